The number of benzene rings is 1. The van der Waals surface area contributed by atoms with Gasteiger partial charge >= 0.3 is 0 Å². The molecule has 2 amide bonds. The Hall–Kier alpha value is -2.79. The third kappa shape index (κ3) is 3.27. The highest BCUT2D eigenvalue weighted by atomic mass is 16.5. The smallest absolute Gasteiger partial charge is 0.257 e. The Kier molecular flexibility index (Phi) is 4.99. The maximum atomic E-state index is 13.4. The summed E-state index contributed by atoms with van der Waals surface area (Å²) in [6.45, 7) is 1.11. The van der Waals surface area contributed by atoms with Gasteiger partial charge in [-0.15, -0.1) is 0 Å². The molecular formula is C25H26N2O3. The van der Waals surface area contributed by atoms with Gasteiger partial charge in [0.1, 0.15) is 0 Å². The summed E-state index contributed by atoms with van der Waals surface area (Å²) in [6, 6.07) is 9.90. The number of hydrogen-bond acceptors (Lipinski definition) is 3. The fraction of sp³-hybridized carbons (Fsp3) is 0.400. The number of nitrogens with one attached hydrogen (secondary N) is 1. The van der Waals surface area contributed by atoms with E-state index in [1.54, 1.807) is 0 Å². The van der Waals surface area contributed by atoms with Crippen LogP contribution in [0.15, 0.2) is 70.4 Å². The van der Waals surface area contributed by atoms with Crippen LogP contribution in [0.4, 0.5) is 0 Å². The normalized spacial score (nSPS) is 26.5. The van der Waals surface area contributed by atoms with Crippen LogP contribution in [0, 0.1) is 5.92 Å². The molecule has 5 nitrogen and oxygen atoms in total. The Labute approximate surface area is 176 Å². The van der Waals surface area contributed by atoms with Gasteiger partial charge in [-0.25, -0.2) is 4.99 Å². The second-order valence-corrected chi connectivity index (χ2v) is 8.50. The van der Waals surface area contributed by atoms with Gasteiger partial charge in [-0.05, 0) is 61.8 Å². The van der Waals surface area contributed by atoms with E-state index >= 15 is 0 Å². The van der Waals surface area contributed by atoms with Crippen LogP contribution >= 0.6 is 0 Å². The average Bonchev–Trinajstić information content (AvgIpc) is 2.80. The molecule has 1 aromatic carbocycles. The molecule has 2 heterocycles. The zero-order valence-corrected chi connectivity index (χ0v) is 17.0. The van der Waals surface area contributed by atoms with E-state index in [2.05, 4.69) is 16.4 Å². The van der Waals surface area contributed by atoms with Crippen molar-refractivity contribution >= 4 is 17.5 Å². The fourth-order valence-corrected chi connectivity index (χ4v) is 5.15. The van der Waals surface area contributed by atoms with Gasteiger partial charge in [-0.2, -0.15) is 0 Å². The summed E-state index contributed by atoms with van der Waals surface area (Å²) in [5.41, 5.74) is 3.99. The molecule has 2 aliphatic heterocycles. The van der Waals surface area contributed by atoms with Crippen LogP contribution in [0.5, 0.6) is 0 Å². The van der Waals surface area contributed by atoms with Crippen molar-refractivity contribution in [3.63, 3.8) is 0 Å². The van der Waals surface area contributed by atoms with Gasteiger partial charge in [0, 0.05) is 30.4 Å². The number of hydrogen-bond donors (Lipinski definition) is 1. The van der Waals surface area contributed by atoms with E-state index in [0.29, 0.717) is 31.8 Å². The minimum Gasteiger partial charge on any atom is -0.381 e. The number of carbonyl (C=O) groups is 2. The summed E-state index contributed by atoms with van der Waals surface area (Å²) in [5, 5.41) is 3.04. The number of fused-ring (bicyclic) bond motifs is 2. The van der Waals surface area contributed by atoms with Crippen molar-refractivity contribution in [1.82, 2.24) is 5.32 Å². The minimum atomic E-state index is -0.648. The summed E-state index contributed by atoms with van der Waals surface area (Å²) in [4.78, 5) is 30.5. The number of carbonyl (C=O) groups excluding carboxylic acids is 2. The minimum absolute atomic E-state index is 0.0124. The summed E-state index contributed by atoms with van der Waals surface area (Å²) < 4.78 is 5.54. The van der Waals surface area contributed by atoms with Crippen molar-refractivity contribution in [2.45, 2.75) is 43.9 Å². The molecule has 4 aliphatic rings. The monoisotopic (exact) mass is 402 g/mol. The van der Waals surface area contributed by atoms with Crippen molar-refractivity contribution in [1.29, 1.82) is 0 Å². The maximum absolute atomic E-state index is 13.4. The van der Waals surface area contributed by atoms with Gasteiger partial charge in [0.05, 0.1) is 11.1 Å². The van der Waals surface area contributed by atoms with Gasteiger partial charge in [0.25, 0.3) is 11.8 Å². The molecule has 1 N–H and O–H groups in total. The molecule has 2 aliphatic carbocycles. The number of allylic oxidation sites excluding steroid dienone is 3. The molecule has 0 radical (unpaired) electrons. The average molecular weight is 402 g/mol. The molecule has 0 bridgehead atoms. The molecule has 1 unspecified atom stereocenters. The molecule has 1 atom stereocenters. The molecule has 0 spiro atoms. The largest absolute Gasteiger partial charge is 0.381 e. The summed E-state index contributed by atoms with van der Waals surface area (Å²) >= 11 is 0. The lowest BCUT2D eigenvalue weighted by Gasteiger charge is -2.35. The third-order valence-electron chi connectivity index (χ3n) is 6.83. The molecule has 5 rings (SSSR count). The first-order chi connectivity index (χ1) is 14.7. The summed E-state index contributed by atoms with van der Waals surface area (Å²) in [6.07, 6.45) is 11.2. The van der Waals surface area contributed by atoms with Crippen LogP contribution in [0.1, 0.15) is 44.1 Å². The van der Waals surface area contributed by atoms with E-state index in [4.69, 9.17) is 4.74 Å². The first-order valence-electron chi connectivity index (χ1n) is 10.9. The zero-order chi connectivity index (χ0) is 20.6. The van der Waals surface area contributed by atoms with Crippen molar-refractivity contribution in [2.75, 3.05) is 13.2 Å². The van der Waals surface area contributed by atoms with Crippen LogP contribution < -0.4 is 5.32 Å². The van der Waals surface area contributed by atoms with Crippen molar-refractivity contribution in [3.05, 3.63) is 71.0 Å². The lowest BCUT2D eigenvalue weighted by atomic mass is 9.73. The lowest BCUT2D eigenvalue weighted by molar-refractivity contribution is -0.126. The Balaban J connectivity index is 1.46. The molecule has 30 heavy (non-hydrogen) atoms. The molecule has 0 saturated carbocycles. The van der Waals surface area contributed by atoms with Crippen LogP contribution in [0.2, 0.25) is 0 Å². The van der Waals surface area contributed by atoms with Crippen LogP contribution in [0.25, 0.3) is 0 Å². The van der Waals surface area contributed by atoms with E-state index in [1.807, 2.05) is 42.5 Å². The zero-order valence-electron chi connectivity index (χ0n) is 17.0. The quantitative estimate of drug-likeness (QED) is 0.819. The topological polar surface area (TPSA) is 67.8 Å². The van der Waals surface area contributed by atoms with E-state index < -0.39 is 5.41 Å². The van der Waals surface area contributed by atoms with E-state index in [1.165, 1.54) is 5.57 Å². The van der Waals surface area contributed by atoms with Crippen molar-refractivity contribution in [2.24, 2.45) is 10.9 Å². The number of aliphatic imine (C=N–C) groups is 1. The van der Waals surface area contributed by atoms with Gasteiger partial charge in [0.15, 0.2) is 0 Å². The van der Waals surface area contributed by atoms with E-state index in [9.17, 15) is 9.59 Å². The van der Waals surface area contributed by atoms with E-state index in [0.717, 1.165) is 42.5 Å². The maximum Gasteiger partial charge on any atom is 0.257 e. The first-order valence-corrected chi connectivity index (χ1v) is 10.9. The SMILES string of the molecule is O=C1NC2=CC(=NC(=O)C3(c4ccccc4)CCOCC3)C=CC2C2=C1CCCC2. The molecule has 5 heteroatoms. The predicted octanol–water partition coefficient (Wildman–Crippen LogP) is 3.77. The predicted molar refractivity (Wildman–Crippen MR) is 115 cm³/mol. The molecule has 0 aromatic heterocycles. The van der Waals surface area contributed by atoms with Crippen LogP contribution in [-0.4, -0.2) is 30.7 Å². The molecule has 1 saturated heterocycles. The van der Waals surface area contributed by atoms with Crippen molar-refractivity contribution < 1.29 is 14.3 Å². The number of amides is 2. The highest BCUT2D eigenvalue weighted by molar-refractivity contribution is 6.13. The van der Waals surface area contributed by atoms with Gasteiger partial charge in [0.2, 0.25) is 0 Å². The number of rotatable bonds is 2. The summed E-state index contributed by atoms with van der Waals surface area (Å²) in [7, 11) is 0. The van der Waals surface area contributed by atoms with Crippen LogP contribution in [-0.2, 0) is 19.7 Å². The van der Waals surface area contributed by atoms with Crippen molar-refractivity contribution in [3.8, 4) is 0 Å². The molecular weight excluding hydrogens is 376 g/mol. The molecule has 154 valence electrons. The first kappa shape index (κ1) is 19.2. The van der Waals surface area contributed by atoms with Gasteiger partial charge in [-0.1, -0.05) is 36.4 Å². The number of nitrogens with zero attached hydrogens (tertiary/aromatic N) is 1. The second kappa shape index (κ2) is 7.80. The Morgan fingerprint density at radius 3 is 2.67 bits per heavy atom. The third-order valence-corrected chi connectivity index (χ3v) is 6.83. The van der Waals surface area contributed by atoms with Gasteiger partial charge in [-0.3, -0.25) is 9.59 Å². The molecule has 1 fully saturated rings. The standard InChI is InChI=1S/C25H26N2O3/c28-23-21-9-5-4-8-19(21)20-11-10-18(16-22(20)27-23)26-24(29)25(12-14-30-15-13-25)17-6-2-1-3-7-17/h1-3,6-7,10-11,16,20H,4-5,8-9,12-15H2,(H,27,28). The fourth-order valence-electron chi connectivity index (χ4n) is 5.15. The molecule has 1 aromatic rings. The number of ether oxygens (including phenoxy) is 1. The van der Waals surface area contributed by atoms with E-state index in [-0.39, 0.29) is 17.7 Å². The van der Waals surface area contributed by atoms with Crippen LogP contribution in [0.3, 0.4) is 0 Å². The summed E-state index contributed by atoms with van der Waals surface area (Å²) in [5.74, 6) is -0.0109. The highest BCUT2D eigenvalue weighted by Gasteiger charge is 2.42. The lowest BCUT2D eigenvalue weighted by Crippen LogP contribution is -2.41. The Bertz CT molecular complexity index is 994. The Morgan fingerprint density at radius 2 is 1.87 bits per heavy atom. The van der Waals surface area contributed by atoms with Gasteiger partial charge < -0.3 is 10.1 Å². The highest BCUT2D eigenvalue weighted by Crippen LogP contribution is 2.39. The Morgan fingerprint density at radius 1 is 1.10 bits per heavy atom. The second-order valence-electron chi connectivity index (χ2n) is 8.50.